The Hall–Kier alpha value is -4.39. The Morgan fingerprint density at radius 3 is 1.92 bits per heavy atom. The first kappa shape index (κ1) is 28.2. The van der Waals surface area contributed by atoms with E-state index in [4.69, 9.17) is 9.47 Å². The van der Waals surface area contributed by atoms with Gasteiger partial charge in [0.15, 0.2) is 5.41 Å². The molecule has 38 heavy (non-hydrogen) atoms. The van der Waals surface area contributed by atoms with Crippen molar-refractivity contribution in [3.63, 3.8) is 0 Å². The van der Waals surface area contributed by atoms with Crippen LogP contribution in [0.3, 0.4) is 0 Å². The molecule has 0 unspecified atom stereocenters. The largest absolute Gasteiger partial charge is 0.468 e. The summed E-state index contributed by atoms with van der Waals surface area (Å²) in [6.45, 7) is 0. The minimum Gasteiger partial charge on any atom is -0.468 e. The van der Waals surface area contributed by atoms with Crippen molar-refractivity contribution in [2.45, 2.75) is 12.8 Å². The second kappa shape index (κ2) is 13.8. The number of benzene rings is 3. The van der Waals surface area contributed by atoms with Gasteiger partial charge in [-0.25, -0.2) is 0 Å². The average Bonchev–Trinajstić information content (AvgIpc) is 2.96. The zero-order valence-electron chi connectivity index (χ0n) is 21.0. The fraction of sp³-hybridized carbons (Fsp3) is 0.156. The molecular formula is C32H25BrO5. The zero-order valence-corrected chi connectivity index (χ0v) is 22.6. The fourth-order valence-corrected chi connectivity index (χ4v) is 3.83. The molecular weight excluding hydrogens is 544 g/mol. The maximum Gasteiger partial charge on any atom is 0.325 e. The summed E-state index contributed by atoms with van der Waals surface area (Å²) in [5.74, 6) is 9.71. The number of carbonyl (C=O) groups is 3. The molecule has 3 rings (SSSR count). The maximum atomic E-state index is 13.3. The van der Waals surface area contributed by atoms with Crippen molar-refractivity contribution >= 4 is 39.7 Å². The highest BCUT2D eigenvalue weighted by Crippen LogP contribution is 2.30. The third-order valence-corrected chi connectivity index (χ3v) is 6.15. The number of ether oxygens (including phenoxy) is 2. The van der Waals surface area contributed by atoms with E-state index < -0.39 is 17.4 Å². The van der Waals surface area contributed by atoms with Crippen molar-refractivity contribution < 1.29 is 23.9 Å². The Balaban J connectivity index is 1.99. The van der Waals surface area contributed by atoms with Gasteiger partial charge < -0.3 is 9.47 Å². The number of Topliss-reactive ketones (excluding diaryl/α,β-unsaturated/α-hetero) is 1. The van der Waals surface area contributed by atoms with E-state index in [1.54, 1.807) is 30.3 Å². The van der Waals surface area contributed by atoms with Crippen LogP contribution in [0.4, 0.5) is 0 Å². The number of carbonyl (C=O) groups excluding carboxylic acids is 3. The molecule has 0 aliphatic carbocycles. The lowest BCUT2D eigenvalue weighted by molar-refractivity contribution is -0.168. The summed E-state index contributed by atoms with van der Waals surface area (Å²) < 4.78 is 10.8. The molecule has 3 aromatic rings. The van der Waals surface area contributed by atoms with Gasteiger partial charge in [0.05, 0.1) is 19.8 Å². The Labute approximate surface area is 231 Å². The van der Waals surface area contributed by atoms with E-state index in [-0.39, 0.29) is 24.2 Å². The molecule has 0 aromatic heterocycles. The van der Waals surface area contributed by atoms with Crippen LogP contribution in [0.2, 0.25) is 0 Å². The highest BCUT2D eigenvalue weighted by molar-refractivity contribution is 9.10. The van der Waals surface area contributed by atoms with Crippen molar-refractivity contribution in [2.75, 3.05) is 14.2 Å². The summed E-state index contributed by atoms with van der Waals surface area (Å²) in [7, 11) is 2.38. The summed E-state index contributed by atoms with van der Waals surface area (Å²) >= 11 is 3.37. The van der Waals surface area contributed by atoms with Crippen LogP contribution in [0, 0.1) is 29.1 Å². The second-order valence-electron chi connectivity index (χ2n) is 8.19. The second-order valence-corrected chi connectivity index (χ2v) is 9.11. The molecule has 0 saturated carbocycles. The number of methoxy groups -OCH3 is 2. The van der Waals surface area contributed by atoms with Crippen molar-refractivity contribution in [1.82, 2.24) is 0 Å². The Kier molecular flexibility index (Phi) is 10.2. The van der Waals surface area contributed by atoms with Crippen LogP contribution in [0.5, 0.6) is 0 Å². The van der Waals surface area contributed by atoms with Gasteiger partial charge in [-0.1, -0.05) is 100 Å². The summed E-state index contributed by atoms with van der Waals surface area (Å²) in [6, 6.07) is 25.3. The van der Waals surface area contributed by atoms with Crippen molar-refractivity contribution in [3.05, 3.63) is 112 Å². The number of halogens is 1. The number of hydrogen-bond donors (Lipinski definition) is 0. The van der Waals surface area contributed by atoms with Crippen LogP contribution < -0.4 is 0 Å². The van der Waals surface area contributed by atoms with Crippen molar-refractivity contribution in [1.29, 1.82) is 0 Å². The van der Waals surface area contributed by atoms with Gasteiger partial charge in [0, 0.05) is 28.4 Å². The van der Waals surface area contributed by atoms with Crippen LogP contribution in [-0.4, -0.2) is 31.9 Å². The van der Waals surface area contributed by atoms with E-state index in [1.165, 1.54) is 14.2 Å². The van der Waals surface area contributed by atoms with Gasteiger partial charge in [-0.15, -0.1) is 0 Å². The van der Waals surface area contributed by atoms with Crippen LogP contribution in [0.1, 0.15) is 34.3 Å². The quantitative estimate of drug-likeness (QED) is 0.117. The predicted molar refractivity (Wildman–Crippen MR) is 150 cm³/mol. The van der Waals surface area contributed by atoms with E-state index in [0.717, 1.165) is 10.0 Å². The van der Waals surface area contributed by atoms with Crippen LogP contribution >= 0.6 is 15.9 Å². The Bertz CT molecular complexity index is 1420. The molecule has 0 fully saturated rings. The highest BCUT2D eigenvalue weighted by Gasteiger charge is 2.47. The molecule has 3 aromatic carbocycles. The first-order chi connectivity index (χ1) is 18.4. The van der Waals surface area contributed by atoms with E-state index in [0.29, 0.717) is 11.1 Å². The molecule has 0 aliphatic heterocycles. The minimum atomic E-state index is -1.79. The number of hydrogen-bond acceptors (Lipinski definition) is 5. The monoisotopic (exact) mass is 568 g/mol. The fourth-order valence-electron chi connectivity index (χ4n) is 3.57. The number of esters is 2. The molecule has 5 nitrogen and oxygen atoms in total. The minimum absolute atomic E-state index is 0.179. The lowest BCUT2D eigenvalue weighted by atomic mass is 9.81. The number of ketones is 1. The number of allylic oxidation sites excluding steroid dienone is 1. The molecule has 6 heteroatoms. The standard InChI is InChI=1S/C32H25BrO5/c1-37-30(35)32(31(36)38-2,21-9-13-24-17-19-28(33)20-18-24)22-10-16-27(23-25-11-5-3-6-12-25)29(34)26-14-7-4-8-15-26/h3-8,11-12,14-15,17-20,23H,21-22H2,1-2H3/b27-23+. The molecule has 190 valence electrons. The van der Waals surface area contributed by atoms with Gasteiger partial charge in [0.1, 0.15) is 0 Å². The molecule has 0 saturated heterocycles. The summed E-state index contributed by atoms with van der Waals surface area (Å²) in [6.07, 6.45) is 1.24. The van der Waals surface area contributed by atoms with Gasteiger partial charge in [0.2, 0.25) is 5.78 Å². The maximum absolute atomic E-state index is 13.3. The molecule has 0 aliphatic rings. The third-order valence-electron chi connectivity index (χ3n) is 5.62. The van der Waals surface area contributed by atoms with E-state index in [1.807, 2.05) is 60.7 Å². The summed E-state index contributed by atoms with van der Waals surface area (Å²) in [4.78, 5) is 39.1. The van der Waals surface area contributed by atoms with E-state index in [2.05, 4.69) is 39.6 Å². The zero-order chi connectivity index (χ0) is 27.4. The molecule has 0 spiro atoms. The molecule has 0 amide bonds. The molecule has 0 N–H and O–H groups in total. The normalized spacial score (nSPS) is 10.8. The van der Waals surface area contributed by atoms with Crippen LogP contribution in [0.15, 0.2) is 95.0 Å². The predicted octanol–water partition coefficient (Wildman–Crippen LogP) is 5.88. The van der Waals surface area contributed by atoms with Crippen LogP contribution in [0.25, 0.3) is 6.08 Å². The third kappa shape index (κ3) is 7.32. The highest BCUT2D eigenvalue weighted by atomic mass is 79.9. The van der Waals surface area contributed by atoms with Gasteiger partial charge >= 0.3 is 11.9 Å². The summed E-state index contributed by atoms with van der Waals surface area (Å²) in [5, 5.41) is 0. The topological polar surface area (TPSA) is 69.7 Å². The summed E-state index contributed by atoms with van der Waals surface area (Å²) in [5.41, 5.74) is 0.397. The Morgan fingerprint density at radius 2 is 1.34 bits per heavy atom. The van der Waals surface area contributed by atoms with Gasteiger partial charge in [0.25, 0.3) is 0 Å². The molecule has 0 atom stereocenters. The van der Waals surface area contributed by atoms with Gasteiger partial charge in [-0.05, 0) is 35.9 Å². The Morgan fingerprint density at radius 1 is 0.789 bits per heavy atom. The van der Waals surface area contributed by atoms with Crippen LogP contribution in [-0.2, 0) is 19.1 Å². The number of rotatable bonds is 7. The first-order valence-electron chi connectivity index (χ1n) is 11.7. The van der Waals surface area contributed by atoms with Gasteiger partial charge in [-0.2, -0.15) is 0 Å². The lowest BCUT2D eigenvalue weighted by Gasteiger charge is -2.24. The van der Waals surface area contributed by atoms with E-state index >= 15 is 0 Å². The van der Waals surface area contributed by atoms with Crippen molar-refractivity contribution in [2.24, 2.45) is 5.41 Å². The first-order valence-corrected chi connectivity index (χ1v) is 12.5. The van der Waals surface area contributed by atoms with Crippen molar-refractivity contribution in [3.8, 4) is 23.7 Å². The lowest BCUT2D eigenvalue weighted by Crippen LogP contribution is -2.40. The van der Waals surface area contributed by atoms with Gasteiger partial charge in [-0.3, -0.25) is 14.4 Å². The molecule has 0 bridgehead atoms. The average molecular weight is 569 g/mol. The molecule has 0 radical (unpaired) electrons. The van der Waals surface area contributed by atoms with E-state index in [9.17, 15) is 14.4 Å². The molecule has 0 heterocycles. The smallest absolute Gasteiger partial charge is 0.325 e. The SMILES string of the molecule is COC(=O)C(CC#C/C(=C\c1ccccc1)C(=O)c1ccccc1)(CC#Cc1ccc(Br)cc1)C(=O)OC.